The van der Waals surface area contributed by atoms with Gasteiger partial charge < -0.3 is 5.01 Å². The van der Waals surface area contributed by atoms with E-state index in [4.69, 9.17) is 0 Å². The van der Waals surface area contributed by atoms with Gasteiger partial charge in [-0.05, 0) is 56.1 Å². The first-order chi connectivity index (χ1) is 15.7. The third-order valence-electron chi connectivity index (χ3n) is 7.69. The Hall–Kier alpha value is -1.80. The maximum absolute atomic E-state index is 2.65. The lowest BCUT2D eigenvalue weighted by Crippen LogP contribution is -2.49. The molecule has 0 radical (unpaired) electrons. The van der Waals surface area contributed by atoms with E-state index in [9.17, 15) is 0 Å². The van der Waals surface area contributed by atoms with Crippen molar-refractivity contribution in [2.45, 2.75) is 84.1 Å². The van der Waals surface area contributed by atoms with Gasteiger partial charge in [-0.15, -0.1) is 0 Å². The summed E-state index contributed by atoms with van der Waals surface area (Å²) in [4.78, 5) is 0. The van der Waals surface area contributed by atoms with E-state index >= 15 is 0 Å². The van der Waals surface area contributed by atoms with Crippen molar-refractivity contribution in [1.29, 1.82) is 0 Å². The normalized spacial score (nSPS) is 26.2. The SMILES string of the molecule is C/C=C\C1CN(c2ccccccccc2)N(C)C(C2CCCCCCC2)CC1CCC. The average molecular weight is 435 g/mol. The Morgan fingerprint density at radius 1 is 0.875 bits per heavy atom. The molecule has 0 N–H and O–H groups in total. The van der Waals surface area contributed by atoms with E-state index in [2.05, 4.69) is 97.7 Å². The number of hydrogen-bond donors (Lipinski definition) is 0. The monoisotopic (exact) mass is 434 g/mol. The molecule has 3 unspecified atom stereocenters. The topological polar surface area (TPSA) is 6.48 Å². The van der Waals surface area contributed by atoms with Crippen molar-refractivity contribution >= 4 is 5.69 Å². The lowest BCUT2D eigenvalue weighted by molar-refractivity contribution is 0.130. The first-order valence-electron chi connectivity index (χ1n) is 13.3. The van der Waals surface area contributed by atoms with Crippen LogP contribution in [0, 0.1) is 17.8 Å². The average Bonchev–Trinajstić information content (AvgIpc) is 2.90. The van der Waals surface area contributed by atoms with E-state index in [1.54, 1.807) is 0 Å². The van der Waals surface area contributed by atoms with Gasteiger partial charge in [0.1, 0.15) is 0 Å². The lowest BCUT2D eigenvalue weighted by atomic mass is 9.77. The molecule has 0 spiro atoms. The second-order valence-electron chi connectivity index (χ2n) is 9.91. The summed E-state index contributed by atoms with van der Waals surface area (Å²) < 4.78 is 0. The summed E-state index contributed by atoms with van der Waals surface area (Å²) in [5, 5.41) is 5.25. The summed E-state index contributed by atoms with van der Waals surface area (Å²) in [5.74, 6) is 2.18. The Kier molecular flexibility index (Phi) is 10.6. The maximum atomic E-state index is 2.65. The molecular formula is C30H46N2. The first-order valence-corrected chi connectivity index (χ1v) is 13.3. The highest BCUT2D eigenvalue weighted by atomic mass is 15.6. The molecule has 1 aromatic carbocycles. The molecule has 1 heterocycles. The van der Waals surface area contributed by atoms with Gasteiger partial charge in [-0.2, -0.15) is 0 Å². The summed E-state index contributed by atoms with van der Waals surface area (Å²) in [7, 11) is 2.37. The Morgan fingerprint density at radius 3 is 2.06 bits per heavy atom. The minimum absolute atomic E-state index is 0.602. The van der Waals surface area contributed by atoms with Crippen molar-refractivity contribution in [1.82, 2.24) is 5.01 Å². The third kappa shape index (κ3) is 7.10. The number of anilines is 1. The van der Waals surface area contributed by atoms with Crippen LogP contribution in [0.1, 0.15) is 78.1 Å². The molecule has 1 aliphatic heterocycles. The van der Waals surface area contributed by atoms with Crippen LogP contribution in [0.25, 0.3) is 0 Å². The number of hydrazine groups is 1. The van der Waals surface area contributed by atoms with Crippen LogP contribution in [0.2, 0.25) is 0 Å². The van der Waals surface area contributed by atoms with E-state index in [-0.39, 0.29) is 0 Å². The fourth-order valence-corrected chi connectivity index (χ4v) is 5.98. The van der Waals surface area contributed by atoms with E-state index in [1.807, 2.05) is 0 Å². The number of allylic oxidation sites excluding steroid dienone is 1. The van der Waals surface area contributed by atoms with Gasteiger partial charge in [0.05, 0.1) is 5.69 Å². The smallest absolute Gasteiger partial charge is 0.0522 e. The van der Waals surface area contributed by atoms with Gasteiger partial charge >= 0.3 is 0 Å². The molecule has 3 atom stereocenters. The van der Waals surface area contributed by atoms with Gasteiger partial charge in [0.2, 0.25) is 0 Å². The molecule has 176 valence electrons. The highest BCUT2D eigenvalue weighted by Gasteiger charge is 2.37. The number of rotatable bonds is 5. The molecule has 1 aliphatic carbocycles. The predicted molar refractivity (Wildman–Crippen MR) is 140 cm³/mol. The first kappa shape index (κ1) is 24.8. The van der Waals surface area contributed by atoms with Crippen LogP contribution in [0.3, 0.4) is 0 Å². The van der Waals surface area contributed by atoms with Crippen LogP contribution in [0.5, 0.6) is 0 Å². The van der Waals surface area contributed by atoms with Crippen LogP contribution >= 0.6 is 0 Å². The summed E-state index contributed by atoms with van der Waals surface area (Å²) in [6, 6.07) is 20.1. The van der Waals surface area contributed by atoms with Crippen LogP contribution in [-0.4, -0.2) is 24.6 Å². The molecule has 1 saturated heterocycles. The van der Waals surface area contributed by atoms with E-state index in [0.717, 1.165) is 18.4 Å². The van der Waals surface area contributed by atoms with Gasteiger partial charge in [-0.1, -0.05) is 106 Å². The van der Waals surface area contributed by atoms with E-state index in [0.29, 0.717) is 12.0 Å². The zero-order valence-electron chi connectivity index (χ0n) is 20.8. The molecule has 2 aliphatic rings. The summed E-state index contributed by atoms with van der Waals surface area (Å²) in [6.07, 6.45) is 18.6. The second-order valence-corrected chi connectivity index (χ2v) is 9.91. The van der Waals surface area contributed by atoms with Crippen molar-refractivity contribution < 1.29 is 0 Å². The molecule has 2 fully saturated rings. The van der Waals surface area contributed by atoms with E-state index < -0.39 is 0 Å². The Balaban J connectivity index is 2.00. The molecule has 0 aromatic heterocycles. The predicted octanol–water partition coefficient (Wildman–Crippen LogP) is 8.21. The molecule has 1 aromatic rings. The van der Waals surface area contributed by atoms with Crippen LogP contribution in [0.4, 0.5) is 5.69 Å². The van der Waals surface area contributed by atoms with Crippen LogP contribution in [-0.2, 0) is 0 Å². The van der Waals surface area contributed by atoms with Gasteiger partial charge in [0.25, 0.3) is 0 Å². The quantitative estimate of drug-likeness (QED) is 0.431. The number of hydrogen-bond acceptors (Lipinski definition) is 2. The Bertz CT molecular complexity index is 708. The highest BCUT2D eigenvalue weighted by molar-refractivity contribution is 5.44. The zero-order valence-corrected chi connectivity index (χ0v) is 20.8. The van der Waals surface area contributed by atoms with Crippen molar-refractivity contribution in [3.05, 3.63) is 66.7 Å². The summed E-state index contributed by atoms with van der Waals surface area (Å²) >= 11 is 0. The molecule has 2 nitrogen and oxygen atoms in total. The summed E-state index contributed by atoms with van der Waals surface area (Å²) in [6.45, 7) is 5.62. The maximum Gasteiger partial charge on any atom is 0.0522 e. The van der Waals surface area contributed by atoms with Crippen molar-refractivity contribution in [3.8, 4) is 0 Å². The van der Waals surface area contributed by atoms with Gasteiger partial charge in [-0.3, -0.25) is 0 Å². The summed E-state index contributed by atoms with van der Waals surface area (Å²) in [5.41, 5.74) is 1.30. The fraction of sp³-hybridized carbons (Fsp3) is 0.600. The van der Waals surface area contributed by atoms with Crippen molar-refractivity contribution in [2.75, 3.05) is 18.6 Å². The zero-order chi connectivity index (χ0) is 22.6. The lowest BCUT2D eigenvalue weighted by Gasteiger charge is -2.41. The molecule has 3 rings (SSSR count). The molecule has 32 heavy (non-hydrogen) atoms. The van der Waals surface area contributed by atoms with Crippen molar-refractivity contribution in [2.24, 2.45) is 17.8 Å². The molecular weight excluding hydrogens is 388 g/mol. The molecule has 0 bridgehead atoms. The second kappa shape index (κ2) is 13.7. The Morgan fingerprint density at radius 2 is 1.47 bits per heavy atom. The molecule has 2 heteroatoms. The fourth-order valence-electron chi connectivity index (χ4n) is 5.98. The van der Waals surface area contributed by atoms with Gasteiger partial charge in [0, 0.05) is 19.6 Å². The highest BCUT2D eigenvalue weighted by Crippen LogP contribution is 2.38. The van der Waals surface area contributed by atoms with Crippen LogP contribution in [0.15, 0.2) is 66.7 Å². The minimum Gasteiger partial charge on any atom is -0.305 e. The van der Waals surface area contributed by atoms with Crippen molar-refractivity contribution in [3.63, 3.8) is 0 Å². The minimum atomic E-state index is 0.602. The molecule has 0 amide bonds. The number of nitrogens with zero attached hydrogens (tertiary/aromatic N) is 2. The van der Waals surface area contributed by atoms with E-state index in [1.165, 1.54) is 69.9 Å². The standard InChI is InChI=1S/C30H46N2/c1-4-18-27-24-30(26-20-14-10-9-11-15-21-26)31(3)32(25-28(27)19-5-2)29-22-16-12-7-6-8-13-17-23-29/h5-8,12-13,16-17,19,22-23,26-28,30H,4,9-11,14-15,18,20-21,24-25H2,1-3H3/b7-6?,8-6?,12-7?,13-8?,16-12?,17-13?,19-5-,22-16?,23-17?,29-22?,29-23?. The molecule has 1 saturated carbocycles. The van der Waals surface area contributed by atoms with Gasteiger partial charge in [-0.25, -0.2) is 5.01 Å². The largest absolute Gasteiger partial charge is 0.305 e. The van der Waals surface area contributed by atoms with Gasteiger partial charge in [0.15, 0.2) is 0 Å². The van der Waals surface area contributed by atoms with Crippen LogP contribution < -0.4 is 5.01 Å². The third-order valence-corrected chi connectivity index (χ3v) is 7.69. The Labute approximate surface area is 198 Å².